The molecule has 6 nitrogen and oxygen atoms in total. The van der Waals surface area contributed by atoms with Crippen LogP contribution in [0.25, 0.3) is 5.65 Å². The first kappa shape index (κ1) is 11.5. The summed E-state index contributed by atoms with van der Waals surface area (Å²) in [5.41, 5.74) is 6.47. The molecule has 0 aromatic carbocycles. The SMILES string of the molecule is Nc1cccc2nnc(C3CCCCS3(=O)=O)n12. The van der Waals surface area contributed by atoms with Crippen molar-refractivity contribution < 1.29 is 8.42 Å². The van der Waals surface area contributed by atoms with E-state index in [1.54, 1.807) is 22.6 Å². The monoisotopic (exact) mass is 266 g/mol. The summed E-state index contributed by atoms with van der Waals surface area (Å²) in [7, 11) is -3.13. The molecule has 1 atom stereocenters. The zero-order valence-electron chi connectivity index (χ0n) is 9.78. The lowest BCUT2D eigenvalue weighted by Crippen LogP contribution is -2.23. The van der Waals surface area contributed by atoms with Gasteiger partial charge in [-0.3, -0.25) is 4.40 Å². The average molecular weight is 266 g/mol. The topological polar surface area (TPSA) is 90.3 Å². The fourth-order valence-electron chi connectivity index (χ4n) is 2.44. The van der Waals surface area contributed by atoms with Gasteiger partial charge in [0.25, 0.3) is 0 Å². The molecule has 1 fully saturated rings. The standard InChI is InChI=1S/C11H14N4O2S/c12-9-5-3-6-10-13-14-11(15(9)10)8-4-1-2-7-18(8,16)17/h3,5-6,8H,1-2,4,7,12H2. The maximum atomic E-state index is 12.1. The van der Waals surface area contributed by atoms with E-state index >= 15 is 0 Å². The van der Waals surface area contributed by atoms with E-state index < -0.39 is 15.1 Å². The van der Waals surface area contributed by atoms with Crippen LogP contribution in [0.15, 0.2) is 18.2 Å². The van der Waals surface area contributed by atoms with Crippen LogP contribution in [0.4, 0.5) is 5.82 Å². The van der Waals surface area contributed by atoms with Crippen molar-refractivity contribution in [2.75, 3.05) is 11.5 Å². The highest BCUT2D eigenvalue weighted by atomic mass is 32.2. The van der Waals surface area contributed by atoms with Gasteiger partial charge in [-0.1, -0.05) is 12.5 Å². The number of pyridine rings is 1. The molecule has 0 aliphatic carbocycles. The molecule has 2 aromatic rings. The summed E-state index contributed by atoms with van der Waals surface area (Å²) in [6.07, 6.45) is 2.22. The van der Waals surface area contributed by atoms with Gasteiger partial charge in [0, 0.05) is 0 Å². The summed E-state index contributed by atoms with van der Waals surface area (Å²) in [5, 5.41) is 7.44. The van der Waals surface area contributed by atoms with E-state index in [1.165, 1.54) is 0 Å². The number of anilines is 1. The van der Waals surface area contributed by atoms with Gasteiger partial charge >= 0.3 is 0 Å². The van der Waals surface area contributed by atoms with Gasteiger partial charge in [-0.25, -0.2) is 8.42 Å². The Morgan fingerprint density at radius 3 is 2.89 bits per heavy atom. The van der Waals surface area contributed by atoms with Gasteiger partial charge in [-0.05, 0) is 25.0 Å². The van der Waals surface area contributed by atoms with Gasteiger partial charge in [-0.15, -0.1) is 10.2 Å². The van der Waals surface area contributed by atoms with Crippen molar-refractivity contribution >= 4 is 21.3 Å². The number of hydrogen-bond donors (Lipinski definition) is 1. The first-order valence-electron chi connectivity index (χ1n) is 5.91. The number of aromatic nitrogens is 3. The molecule has 1 aliphatic heterocycles. The molecule has 96 valence electrons. The molecule has 3 rings (SSSR count). The third kappa shape index (κ3) is 1.66. The summed E-state index contributed by atoms with van der Waals surface area (Å²) < 4.78 is 25.9. The highest BCUT2D eigenvalue weighted by Crippen LogP contribution is 2.33. The van der Waals surface area contributed by atoms with E-state index in [9.17, 15) is 8.42 Å². The van der Waals surface area contributed by atoms with Gasteiger partial charge in [0.15, 0.2) is 21.3 Å². The molecule has 0 radical (unpaired) electrons. The molecule has 0 bridgehead atoms. The van der Waals surface area contributed by atoms with Crippen molar-refractivity contribution in [2.24, 2.45) is 0 Å². The second-order valence-electron chi connectivity index (χ2n) is 4.55. The third-order valence-electron chi connectivity index (χ3n) is 3.35. The number of sulfone groups is 1. The van der Waals surface area contributed by atoms with Crippen molar-refractivity contribution in [1.29, 1.82) is 0 Å². The number of nitrogen functional groups attached to an aromatic ring is 1. The van der Waals surface area contributed by atoms with Gasteiger partial charge < -0.3 is 5.73 Å². The number of fused-ring (bicyclic) bond motifs is 1. The largest absolute Gasteiger partial charge is 0.385 e. The Labute approximate surface area is 105 Å². The normalized spacial score (nSPS) is 23.2. The molecule has 0 saturated carbocycles. The van der Waals surface area contributed by atoms with Crippen LogP contribution in [0.1, 0.15) is 30.3 Å². The first-order valence-corrected chi connectivity index (χ1v) is 7.62. The van der Waals surface area contributed by atoms with Crippen molar-refractivity contribution in [3.05, 3.63) is 24.0 Å². The molecular weight excluding hydrogens is 252 g/mol. The molecule has 3 heterocycles. The van der Waals surface area contributed by atoms with E-state index in [0.29, 0.717) is 23.7 Å². The Morgan fingerprint density at radius 2 is 2.11 bits per heavy atom. The highest BCUT2D eigenvalue weighted by molar-refractivity contribution is 7.91. The van der Waals surface area contributed by atoms with E-state index in [2.05, 4.69) is 10.2 Å². The van der Waals surface area contributed by atoms with Crippen LogP contribution in [-0.4, -0.2) is 28.8 Å². The number of hydrogen-bond acceptors (Lipinski definition) is 5. The van der Waals surface area contributed by atoms with Crippen molar-refractivity contribution in [1.82, 2.24) is 14.6 Å². The molecule has 18 heavy (non-hydrogen) atoms. The summed E-state index contributed by atoms with van der Waals surface area (Å²) in [4.78, 5) is 0. The number of rotatable bonds is 1. The van der Waals surface area contributed by atoms with Gasteiger partial charge in [0.1, 0.15) is 11.1 Å². The first-order chi connectivity index (χ1) is 8.59. The highest BCUT2D eigenvalue weighted by Gasteiger charge is 2.34. The third-order valence-corrected chi connectivity index (χ3v) is 5.52. The zero-order valence-corrected chi connectivity index (χ0v) is 10.6. The van der Waals surface area contributed by atoms with Crippen LogP contribution in [0.3, 0.4) is 0 Å². The Balaban J connectivity index is 2.20. The molecule has 1 unspecified atom stereocenters. The Hall–Kier alpha value is -1.63. The maximum Gasteiger partial charge on any atom is 0.162 e. The second-order valence-corrected chi connectivity index (χ2v) is 6.86. The van der Waals surface area contributed by atoms with Crippen LogP contribution in [0.5, 0.6) is 0 Å². The summed E-state index contributed by atoms with van der Waals surface area (Å²) in [6, 6.07) is 5.26. The minimum Gasteiger partial charge on any atom is -0.385 e. The smallest absolute Gasteiger partial charge is 0.162 e. The fourth-order valence-corrected chi connectivity index (χ4v) is 4.33. The predicted octanol–water partition coefficient (Wildman–Crippen LogP) is 0.951. The molecule has 0 spiro atoms. The average Bonchev–Trinajstić information content (AvgIpc) is 2.73. The lowest BCUT2D eigenvalue weighted by atomic mass is 10.2. The van der Waals surface area contributed by atoms with Crippen LogP contribution >= 0.6 is 0 Å². The molecule has 7 heteroatoms. The minimum atomic E-state index is -3.13. The van der Waals surface area contributed by atoms with Gasteiger partial charge in [0.05, 0.1) is 5.75 Å². The van der Waals surface area contributed by atoms with Crippen molar-refractivity contribution in [3.63, 3.8) is 0 Å². The van der Waals surface area contributed by atoms with Crippen LogP contribution < -0.4 is 5.73 Å². The Bertz CT molecular complexity index is 692. The van der Waals surface area contributed by atoms with Crippen LogP contribution in [0, 0.1) is 0 Å². The summed E-state index contributed by atoms with van der Waals surface area (Å²) in [6.45, 7) is 0. The summed E-state index contributed by atoms with van der Waals surface area (Å²) >= 11 is 0. The fraction of sp³-hybridized carbons (Fsp3) is 0.455. The van der Waals surface area contributed by atoms with Crippen LogP contribution in [0.2, 0.25) is 0 Å². The van der Waals surface area contributed by atoms with E-state index in [-0.39, 0.29) is 5.75 Å². The molecular formula is C11H14N4O2S. The molecule has 1 saturated heterocycles. The molecule has 0 amide bonds. The lowest BCUT2D eigenvalue weighted by Gasteiger charge is -2.20. The molecule has 1 aliphatic rings. The quantitative estimate of drug-likeness (QED) is 0.830. The lowest BCUT2D eigenvalue weighted by molar-refractivity contribution is 0.537. The number of nitrogens with two attached hydrogens (primary N) is 1. The van der Waals surface area contributed by atoms with E-state index in [1.807, 2.05) is 0 Å². The molecule has 2 N–H and O–H groups in total. The zero-order chi connectivity index (χ0) is 12.8. The van der Waals surface area contributed by atoms with Gasteiger partial charge in [0.2, 0.25) is 0 Å². The Morgan fingerprint density at radius 1 is 1.28 bits per heavy atom. The minimum absolute atomic E-state index is 0.222. The molecule has 2 aromatic heterocycles. The maximum absolute atomic E-state index is 12.1. The van der Waals surface area contributed by atoms with Crippen LogP contribution in [-0.2, 0) is 9.84 Å². The van der Waals surface area contributed by atoms with Crippen molar-refractivity contribution in [2.45, 2.75) is 24.5 Å². The predicted molar refractivity (Wildman–Crippen MR) is 67.8 cm³/mol. The van der Waals surface area contributed by atoms with Crippen molar-refractivity contribution in [3.8, 4) is 0 Å². The second kappa shape index (κ2) is 3.94. The summed E-state index contributed by atoms with van der Waals surface area (Å²) in [5.74, 6) is 1.13. The van der Waals surface area contributed by atoms with Gasteiger partial charge in [-0.2, -0.15) is 0 Å². The Kier molecular flexibility index (Phi) is 2.51. The van der Waals surface area contributed by atoms with E-state index in [4.69, 9.17) is 5.73 Å². The van der Waals surface area contributed by atoms with E-state index in [0.717, 1.165) is 12.8 Å². The number of nitrogens with zero attached hydrogens (tertiary/aromatic N) is 3.